The summed E-state index contributed by atoms with van der Waals surface area (Å²) in [6.07, 6.45) is 3.37. The van der Waals surface area contributed by atoms with Crippen LogP contribution in [0.2, 0.25) is 15.1 Å². The highest BCUT2D eigenvalue weighted by molar-refractivity contribution is 6.39. The number of nitrogens with one attached hydrogen (secondary N) is 1. The lowest BCUT2D eigenvalue weighted by atomic mass is 9.85. The lowest BCUT2D eigenvalue weighted by molar-refractivity contribution is 0.00600. The topological polar surface area (TPSA) is 67.5 Å². The molecule has 3 aromatic rings. The number of aromatic nitrogens is 1. The van der Waals surface area contributed by atoms with Gasteiger partial charge in [0.05, 0.1) is 26.2 Å². The molecule has 5 rings (SSSR count). The normalized spacial score (nSPS) is 17.5. The number of hydrogen-bond donors (Lipinski definition) is 2. The van der Waals surface area contributed by atoms with E-state index >= 15 is 0 Å². The van der Waals surface area contributed by atoms with Crippen LogP contribution in [-0.2, 0) is 12.2 Å². The highest BCUT2D eigenvalue weighted by Gasteiger charge is 2.35. The average Bonchev–Trinajstić information content (AvgIpc) is 3.53. The minimum Gasteiger partial charge on any atom is -0.489 e. The summed E-state index contributed by atoms with van der Waals surface area (Å²) in [7, 11) is 0. The van der Waals surface area contributed by atoms with Gasteiger partial charge in [0.1, 0.15) is 23.8 Å². The van der Waals surface area contributed by atoms with Gasteiger partial charge in [-0.2, -0.15) is 0 Å². The molecular formula is C24H24Cl4N2O3. The van der Waals surface area contributed by atoms with E-state index in [-0.39, 0.29) is 19.0 Å². The van der Waals surface area contributed by atoms with Gasteiger partial charge in [-0.25, -0.2) is 0 Å². The number of aliphatic hydroxyl groups is 1. The monoisotopic (exact) mass is 528 g/mol. The van der Waals surface area contributed by atoms with E-state index in [9.17, 15) is 5.11 Å². The molecule has 0 bridgehead atoms. The fourth-order valence-corrected chi connectivity index (χ4v) is 5.20. The molecule has 1 aromatic heterocycles. The second-order valence-corrected chi connectivity index (χ2v) is 9.68. The highest BCUT2D eigenvalue weighted by Crippen LogP contribution is 2.46. The van der Waals surface area contributed by atoms with Gasteiger partial charge < -0.3 is 19.7 Å². The first-order valence-corrected chi connectivity index (χ1v) is 11.9. The number of ether oxygens (including phenoxy) is 1. The van der Waals surface area contributed by atoms with E-state index < -0.39 is 5.60 Å². The quantitative estimate of drug-likeness (QED) is 0.369. The van der Waals surface area contributed by atoms with E-state index in [0.29, 0.717) is 50.8 Å². The van der Waals surface area contributed by atoms with Gasteiger partial charge in [-0.15, -0.1) is 12.4 Å². The molecule has 176 valence electrons. The van der Waals surface area contributed by atoms with E-state index in [4.69, 9.17) is 44.1 Å². The number of nitrogens with zero attached hydrogens (tertiary/aromatic N) is 1. The Morgan fingerprint density at radius 1 is 1.06 bits per heavy atom. The van der Waals surface area contributed by atoms with Gasteiger partial charge in [-0.3, -0.25) is 0 Å². The smallest absolute Gasteiger partial charge is 0.147 e. The first-order chi connectivity index (χ1) is 15.5. The van der Waals surface area contributed by atoms with Crippen molar-refractivity contribution in [3.63, 3.8) is 0 Å². The number of hydrogen-bond acceptors (Lipinski definition) is 5. The van der Waals surface area contributed by atoms with E-state index in [1.165, 1.54) is 0 Å². The average molecular weight is 530 g/mol. The molecule has 9 heteroatoms. The van der Waals surface area contributed by atoms with E-state index in [0.717, 1.165) is 42.8 Å². The van der Waals surface area contributed by atoms with Crippen LogP contribution >= 0.6 is 47.2 Å². The lowest BCUT2D eigenvalue weighted by Crippen LogP contribution is -2.39. The highest BCUT2D eigenvalue weighted by atomic mass is 35.5. The minimum absolute atomic E-state index is 0. The Bertz CT molecular complexity index is 1120. The molecule has 2 heterocycles. The molecule has 0 radical (unpaired) electrons. The van der Waals surface area contributed by atoms with Crippen LogP contribution in [0.1, 0.15) is 48.5 Å². The van der Waals surface area contributed by atoms with Crippen molar-refractivity contribution in [2.45, 2.75) is 43.8 Å². The summed E-state index contributed by atoms with van der Waals surface area (Å²) in [6, 6.07) is 10.8. The molecule has 2 aliphatic rings. The standard InChI is InChI=1S/C24H23Cl3N2O3.ClH/c25-18-2-1-3-19(26)21(18)22-16(23(32-29-22)14-4-5-14)13-31-15-6-7-17(20(27)12-15)24(30)8-10-28-11-9-24;/h1-3,6-7,12,14,28,30H,4-5,8-11,13H2;1H. The summed E-state index contributed by atoms with van der Waals surface area (Å²) in [6.45, 7) is 1.77. The predicted molar refractivity (Wildman–Crippen MR) is 133 cm³/mol. The van der Waals surface area contributed by atoms with Gasteiger partial charge in [0.25, 0.3) is 0 Å². The van der Waals surface area contributed by atoms with Crippen molar-refractivity contribution in [3.8, 4) is 17.0 Å². The maximum atomic E-state index is 11.0. The van der Waals surface area contributed by atoms with Crippen LogP contribution in [0.5, 0.6) is 5.75 Å². The van der Waals surface area contributed by atoms with Crippen molar-refractivity contribution < 1.29 is 14.4 Å². The third-order valence-corrected chi connectivity index (χ3v) is 7.16. The van der Waals surface area contributed by atoms with Crippen molar-refractivity contribution in [3.05, 3.63) is 68.4 Å². The summed E-state index contributed by atoms with van der Waals surface area (Å²) in [5, 5.41) is 20.1. The first kappa shape index (κ1) is 24.6. The summed E-state index contributed by atoms with van der Waals surface area (Å²) in [4.78, 5) is 0. The third-order valence-electron chi connectivity index (χ3n) is 6.22. The molecule has 5 nitrogen and oxygen atoms in total. The molecule has 0 unspecified atom stereocenters. The summed E-state index contributed by atoms with van der Waals surface area (Å²) < 4.78 is 11.8. The molecule has 1 saturated heterocycles. The van der Waals surface area contributed by atoms with Crippen LogP contribution in [0.15, 0.2) is 40.9 Å². The Hall–Kier alpha value is -1.47. The second-order valence-electron chi connectivity index (χ2n) is 8.46. The summed E-state index contributed by atoms with van der Waals surface area (Å²) in [5.74, 6) is 1.77. The van der Waals surface area contributed by atoms with Crippen molar-refractivity contribution in [2.24, 2.45) is 0 Å². The van der Waals surface area contributed by atoms with Crippen LogP contribution in [0, 0.1) is 0 Å². The Morgan fingerprint density at radius 2 is 1.76 bits per heavy atom. The maximum Gasteiger partial charge on any atom is 0.147 e. The Kier molecular flexibility index (Phi) is 7.49. The molecule has 1 aliphatic carbocycles. The van der Waals surface area contributed by atoms with Gasteiger partial charge >= 0.3 is 0 Å². The van der Waals surface area contributed by atoms with Crippen LogP contribution < -0.4 is 10.1 Å². The first-order valence-electron chi connectivity index (χ1n) is 10.7. The van der Waals surface area contributed by atoms with Gasteiger partial charge in [-0.05, 0) is 63.0 Å². The fourth-order valence-electron chi connectivity index (χ4n) is 4.28. The van der Waals surface area contributed by atoms with Gasteiger partial charge in [0.2, 0.25) is 0 Å². The van der Waals surface area contributed by atoms with Crippen LogP contribution in [0.3, 0.4) is 0 Å². The minimum atomic E-state index is -0.914. The SMILES string of the molecule is Cl.OC1(c2ccc(OCc3c(-c4c(Cl)cccc4Cl)noc3C3CC3)cc2Cl)CCNCC1. The molecule has 2 aromatic carbocycles. The Labute approximate surface area is 213 Å². The van der Waals surface area contributed by atoms with Gasteiger partial charge in [0, 0.05) is 17.0 Å². The number of rotatable bonds is 6. The molecule has 0 amide bonds. The molecule has 0 atom stereocenters. The number of piperidine rings is 1. The maximum absolute atomic E-state index is 11.0. The van der Waals surface area contributed by atoms with E-state index in [2.05, 4.69) is 10.5 Å². The molecule has 0 spiro atoms. The Balaban J connectivity index is 0.00000259. The molecule has 1 aliphatic heterocycles. The third kappa shape index (κ3) is 5.00. The molecule has 1 saturated carbocycles. The summed E-state index contributed by atoms with van der Waals surface area (Å²) >= 11 is 19.4. The molecular weight excluding hydrogens is 506 g/mol. The van der Waals surface area contributed by atoms with Gasteiger partial charge in [-0.1, -0.05) is 52.1 Å². The number of halogens is 4. The largest absolute Gasteiger partial charge is 0.489 e. The van der Waals surface area contributed by atoms with E-state index in [1.54, 1.807) is 24.3 Å². The van der Waals surface area contributed by atoms with Crippen LogP contribution in [-0.4, -0.2) is 23.4 Å². The second kappa shape index (κ2) is 10.0. The van der Waals surface area contributed by atoms with E-state index in [1.807, 2.05) is 12.1 Å². The van der Waals surface area contributed by atoms with Crippen molar-refractivity contribution in [1.29, 1.82) is 0 Å². The van der Waals surface area contributed by atoms with Gasteiger partial charge in [0.15, 0.2) is 0 Å². The molecule has 33 heavy (non-hydrogen) atoms. The van der Waals surface area contributed by atoms with Crippen molar-refractivity contribution in [2.75, 3.05) is 13.1 Å². The van der Waals surface area contributed by atoms with Crippen molar-refractivity contribution >= 4 is 47.2 Å². The lowest BCUT2D eigenvalue weighted by Gasteiger charge is -2.33. The predicted octanol–water partition coefficient (Wildman–Crippen LogP) is 6.75. The van der Waals surface area contributed by atoms with Crippen molar-refractivity contribution in [1.82, 2.24) is 10.5 Å². The Morgan fingerprint density at radius 3 is 2.39 bits per heavy atom. The zero-order valence-corrected chi connectivity index (χ0v) is 20.8. The number of benzene rings is 2. The summed E-state index contributed by atoms with van der Waals surface area (Å²) in [5.41, 5.74) is 1.92. The zero-order valence-electron chi connectivity index (χ0n) is 17.7. The van der Waals surface area contributed by atoms with Crippen LogP contribution in [0.25, 0.3) is 11.3 Å². The van der Waals surface area contributed by atoms with Crippen LogP contribution in [0.4, 0.5) is 0 Å². The molecule has 2 N–H and O–H groups in total. The zero-order chi connectivity index (χ0) is 22.3. The molecule has 2 fully saturated rings. The fraction of sp³-hybridized carbons (Fsp3) is 0.375.